The molecule has 0 spiro atoms. The Morgan fingerprint density at radius 2 is 1.78 bits per heavy atom. The number of aromatic nitrogens is 3. The topological polar surface area (TPSA) is 115 Å². The number of hydrogen-bond donors (Lipinski definition) is 2. The maximum atomic E-state index is 13.3. The normalized spacial score (nSPS) is 11.2. The number of nitrogens with zero attached hydrogens (tertiary/aromatic N) is 3. The molecule has 4 aromatic rings. The Bertz CT molecular complexity index is 1440. The van der Waals surface area contributed by atoms with Gasteiger partial charge in [0.1, 0.15) is 11.4 Å². The molecule has 0 saturated carbocycles. The highest BCUT2D eigenvalue weighted by molar-refractivity contribution is 6.04. The molecule has 0 bridgehead atoms. The zero-order valence-electron chi connectivity index (χ0n) is 20.3. The number of anilines is 1. The lowest BCUT2D eigenvalue weighted by Gasteiger charge is -2.20. The quantitative estimate of drug-likeness (QED) is 0.425. The van der Waals surface area contributed by atoms with Gasteiger partial charge in [0.25, 0.3) is 11.5 Å². The van der Waals surface area contributed by atoms with E-state index in [1.54, 1.807) is 55.9 Å². The van der Waals surface area contributed by atoms with Gasteiger partial charge in [-0.15, -0.1) is 0 Å². The number of pyridine rings is 3. The number of benzene rings is 1. The molecule has 2 amide bonds. The van der Waals surface area contributed by atoms with Gasteiger partial charge in [0, 0.05) is 12.4 Å². The van der Waals surface area contributed by atoms with E-state index in [1.807, 2.05) is 36.4 Å². The molecule has 2 N–H and O–H groups in total. The summed E-state index contributed by atoms with van der Waals surface area (Å²) in [6.45, 7) is 5.73. The highest BCUT2D eigenvalue weighted by Gasteiger charge is 2.22. The summed E-state index contributed by atoms with van der Waals surface area (Å²) in [7, 11) is 0. The van der Waals surface area contributed by atoms with Crippen LogP contribution in [0.25, 0.3) is 10.9 Å². The van der Waals surface area contributed by atoms with Crippen molar-refractivity contribution in [3.05, 3.63) is 100 Å². The van der Waals surface area contributed by atoms with Crippen LogP contribution in [-0.2, 0) is 17.8 Å². The summed E-state index contributed by atoms with van der Waals surface area (Å²) < 4.78 is 6.88. The van der Waals surface area contributed by atoms with Crippen LogP contribution in [0.1, 0.15) is 42.4 Å². The SMILES string of the molecule is CC(C)(C)OC(=O)Nc1nc2ccn(Cc3ccccc3)c(=O)c2cc1C(=O)NCc1ccccn1. The molecule has 3 aromatic heterocycles. The summed E-state index contributed by atoms with van der Waals surface area (Å²) >= 11 is 0. The number of carbonyl (C=O) groups excluding carboxylic acids is 2. The molecule has 0 atom stereocenters. The molecule has 184 valence electrons. The standard InChI is InChI=1S/C27H27N5O4/c1-27(2,3)36-26(35)31-23-21(24(33)29-16-19-11-7-8-13-28-19)15-20-22(30-23)12-14-32(25(20)34)17-18-9-5-4-6-10-18/h4-15H,16-17H2,1-3H3,(H,29,33)(H,30,31,35). The molecule has 4 rings (SSSR count). The molecule has 0 aliphatic heterocycles. The first-order valence-electron chi connectivity index (χ1n) is 11.5. The van der Waals surface area contributed by atoms with Gasteiger partial charge in [0.2, 0.25) is 0 Å². The van der Waals surface area contributed by atoms with Gasteiger partial charge in [-0.1, -0.05) is 36.4 Å². The van der Waals surface area contributed by atoms with Gasteiger partial charge in [-0.25, -0.2) is 9.78 Å². The Kier molecular flexibility index (Phi) is 7.10. The fourth-order valence-corrected chi connectivity index (χ4v) is 3.55. The summed E-state index contributed by atoms with van der Waals surface area (Å²) in [5, 5.41) is 5.58. The number of nitrogens with one attached hydrogen (secondary N) is 2. The van der Waals surface area contributed by atoms with Crippen molar-refractivity contribution in [2.45, 2.75) is 39.5 Å². The third-order valence-electron chi connectivity index (χ3n) is 5.17. The lowest BCUT2D eigenvalue weighted by atomic mass is 10.1. The largest absolute Gasteiger partial charge is 0.444 e. The van der Waals surface area contributed by atoms with E-state index in [2.05, 4.69) is 20.6 Å². The van der Waals surface area contributed by atoms with Gasteiger partial charge in [-0.05, 0) is 50.6 Å². The molecule has 0 fully saturated rings. The fraction of sp³-hybridized carbons (Fsp3) is 0.222. The van der Waals surface area contributed by atoms with Crippen LogP contribution in [0.2, 0.25) is 0 Å². The summed E-state index contributed by atoms with van der Waals surface area (Å²) in [6, 6.07) is 18.1. The molecule has 1 aromatic carbocycles. The predicted octanol–water partition coefficient (Wildman–Crippen LogP) is 4.12. The molecule has 0 unspecified atom stereocenters. The maximum Gasteiger partial charge on any atom is 0.413 e. The Balaban J connectivity index is 1.71. The van der Waals surface area contributed by atoms with Crippen molar-refractivity contribution < 1.29 is 14.3 Å². The molecular weight excluding hydrogens is 458 g/mol. The molecule has 0 saturated heterocycles. The maximum absolute atomic E-state index is 13.3. The number of rotatable bonds is 6. The Morgan fingerprint density at radius 1 is 1.03 bits per heavy atom. The van der Waals surface area contributed by atoms with Crippen molar-refractivity contribution in [3.63, 3.8) is 0 Å². The molecule has 36 heavy (non-hydrogen) atoms. The highest BCUT2D eigenvalue weighted by atomic mass is 16.6. The van der Waals surface area contributed by atoms with Gasteiger partial charge in [0.15, 0.2) is 0 Å². The Morgan fingerprint density at radius 3 is 2.47 bits per heavy atom. The van der Waals surface area contributed by atoms with Crippen LogP contribution in [0, 0.1) is 0 Å². The zero-order chi connectivity index (χ0) is 25.7. The molecule has 3 heterocycles. The number of ether oxygens (including phenoxy) is 1. The first-order chi connectivity index (χ1) is 17.2. The minimum atomic E-state index is -0.759. The van der Waals surface area contributed by atoms with Crippen LogP contribution in [0.5, 0.6) is 0 Å². The monoisotopic (exact) mass is 485 g/mol. The number of amides is 2. The Labute approximate surface area is 208 Å². The summed E-state index contributed by atoms with van der Waals surface area (Å²) in [6.07, 6.45) is 2.51. The van der Waals surface area contributed by atoms with Gasteiger partial charge in [0.05, 0.1) is 35.2 Å². The van der Waals surface area contributed by atoms with Gasteiger partial charge < -0.3 is 14.6 Å². The second-order valence-corrected chi connectivity index (χ2v) is 9.18. The van der Waals surface area contributed by atoms with E-state index < -0.39 is 17.6 Å². The van der Waals surface area contributed by atoms with Gasteiger partial charge in [-0.3, -0.25) is 19.9 Å². The zero-order valence-corrected chi connectivity index (χ0v) is 20.3. The number of fused-ring (bicyclic) bond motifs is 1. The molecule has 9 heteroatoms. The van der Waals surface area contributed by atoms with Crippen molar-refractivity contribution in [1.29, 1.82) is 0 Å². The summed E-state index contributed by atoms with van der Waals surface area (Å²) in [5.74, 6) is -0.519. The third kappa shape index (κ3) is 6.12. The van der Waals surface area contributed by atoms with E-state index in [9.17, 15) is 14.4 Å². The lowest BCUT2D eigenvalue weighted by Crippen LogP contribution is -2.30. The molecule has 0 aliphatic carbocycles. The van der Waals surface area contributed by atoms with Crippen LogP contribution >= 0.6 is 0 Å². The third-order valence-corrected chi connectivity index (χ3v) is 5.17. The highest BCUT2D eigenvalue weighted by Crippen LogP contribution is 2.20. The van der Waals surface area contributed by atoms with Gasteiger partial charge >= 0.3 is 6.09 Å². The van der Waals surface area contributed by atoms with E-state index in [4.69, 9.17) is 4.74 Å². The molecule has 9 nitrogen and oxygen atoms in total. The Hall–Kier alpha value is -4.53. The predicted molar refractivity (Wildman–Crippen MR) is 137 cm³/mol. The second kappa shape index (κ2) is 10.4. The lowest BCUT2D eigenvalue weighted by molar-refractivity contribution is 0.0635. The van der Waals surface area contributed by atoms with Crippen LogP contribution < -0.4 is 16.2 Å². The average Bonchev–Trinajstić information content (AvgIpc) is 2.84. The molecule has 0 aliphatic rings. The van der Waals surface area contributed by atoms with E-state index in [0.29, 0.717) is 17.8 Å². The van der Waals surface area contributed by atoms with Crippen LogP contribution in [-0.4, -0.2) is 32.1 Å². The van der Waals surface area contributed by atoms with E-state index >= 15 is 0 Å². The molecule has 0 radical (unpaired) electrons. The fourth-order valence-electron chi connectivity index (χ4n) is 3.55. The van der Waals surface area contributed by atoms with Crippen molar-refractivity contribution in [1.82, 2.24) is 19.9 Å². The van der Waals surface area contributed by atoms with Crippen molar-refractivity contribution in [2.24, 2.45) is 0 Å². The van der Waals surface area contributed by atoms with E-state index in [-0.39, 0.29) is 28.9 Å². The van der Waals surface area contributed by atoms with Crippen molar-refractivity contribution in [3.8, 4) is 0 Å². The second-order valence-electron chi connectivity index (χ2n) is 9.18. The summed E-state index contributed by atoms with van der Waals surface area (Å²) in [4.78, 5) is 47.5. The van der Waals surface area contributed by atoms with Crippen LogP contribution in [0.15, 0.2) is 77.9 Å². The van der Waals surface area contributed by atoms with E-state index in [1.165, 1.54) is 6.07 Å². The minimum Gasteiger partial charge on any atom is -0.444 e. The number of carbonyl (C=O) groups is 2. The first-order valence-corrected chi connectivity index (χ1v) is 11.5. The summed E-state index contributed by atoms with van der Waals surface area (Å²) in [5.41, 5.74) is 0.963. The van der Waals surface area contributed by atoms with Crippen molar-refractivity contribution >= 4 is 28.7 Å². The van der Waals surface area contributed by atoms with E-state index in [0.717, 1.165) is 5.56 Å². The molecular formula is C27H27N5O4. The minimum absolute atomic E-state index is 0.00418. The smallest absolute Gasteiger partial charge is 0.413 e. The average molecular weight is 486 g/mol. The first kappa shape index (κ1) is 24.6. The van der Waals surface area contributed by atoms with Crippen molar-refractivity contribution in [2.75, 3.05) is 5.32 Å². The van der Waals surface area contributed by atoms with Crippen LogP contribution in [0.4, 0.5) is 10.6 Å². The van der Waals surface area contributed by atoms with Crippen LogP contribution in [0.3, 0.4) is 0 Å². The van der Waals surface area contributed by atoms with Gasteiger partial charge in [-0.2, -0.15) is 0 Å². The number of hydrogen-bond acceptors (Lipinski definition) is 6.